The monoisotopic (exact) mass is 476 g/mol. The molecule has 34 heavy (non-hydrogen) atoms. The van der Waals surface area contributed by atoms with Crippen molar-refractivity contribution >= 4 is 50.2 Å². The summed E-state index contributed by atoms with van der Waals surface area (Å²) in [5, 5.41) is 4.07. The molecule has 1 N–H and O–H groups in total. The van der Waals surface area contributed by atoms with Gasteiger partial charge in [0.05, 0.1) is 20.7 Å². The van der Waals surface area contributed by atoms with E-state index in [-0.39, 0.29) is 29.7 Å². The van der Waals surface area contributed by atoms with Gasteiger partial charge >= 0.3 is 5.76 Å². The molecule has 0 radical (unpaired) electrons. The second-order valence-electron chi connectivity index (χ2n) is 9.33. The van der Waals surface area contributed by atoms with Crippen LogP contribution in [0.4, 0.5) is 5.69 Å². The third kappa shape index (κ3) is 3.60. The number of hydrogen-bond acceptors (Lipinski definition) is 6. The van der Waals surface area contributed by atoms with Crippen LogP contribution in [0.5, 0.6) is 0 Å². The zero-order chi connectivity index (χ0) is 23.4. The standard InChI is InChI=1S/C25H24N4O4S/c1-15-26-18-12-16(6-7-21(18)34-15)27-23(31)17-13-25(17)8-10-28(11-9-25)22(30)14-29-19-4-2-3-5-20(19)33-24(29)32/h2-7,12,17H,8-11,13-14H2,1H3,(H,27,31). The number of anilines is 1. The van der Waals surface area contributed by atoms with Crippen molar-refractivity contribution < 1.29 is 14.0 Å². The molecule has 1 aliphatic carbocycles. The number of fused-ring (bicyclic) bond motifs is 2. The van der Waals surface area contributed by atoms with E-state index in [9.17, 15) is 14.4 Å². The predicted octanol–water partition coefficient (Wildman–Crippen LogP) is 3.78. The van der Waals surface area contributed by atoms with E-state index in [0.717, 1.165) is 40.2 Å². The van der Waals surface area contributed by atoms with Crippen LogP contribution in [0.2, 0.25) is 0 Å². The van der Waals surface area contributed by atoms with Crippen molar-refractivity contribution in [1.29, 1.82) is 0 Å². The topological polar surface area (TPSA) is 97.4 Å². The molecule has 9 heteroatoms. The highest BCUT2D eigenvalue weighted by molar-refractivity contribution is 7.18. The van der Waals surface area contributed by atoms with E-state index >= 15 is 0 Å². The van der Waals surface area contributed by atoms with Crippen LogP contribution in [0.1, 0.15) is 24.3 Å². The number of aromatic nitrogens is 2. The number of aryl methyl sites for hydroxylation is 1. The Morgan fingerprint density at radius 2 is 2.00 bits per heavy atom. The molecular formula is C25H24N4O4S. The Morgan fingerprint density at radius 1 is 1.21 bits per heavy atom. The number of benzene rings is 2. The normalized spacial score (nSPS) is 19.1. The van der Waals surface area contributed by atoms with E-state index in [2.05, 4.69) is 10.3 Å². The van der Waals surface area contributed by atoms with Crippen molar-refractivity contribution in [3.05, 3.63) is 58.0 Å². The molecule has 8 nitrogen and oxygen atoms in total. The maximum Gasteiger partial charge on any atom is 0.420 e. The highest BCUT2D eigenvalue weighted by Crippen LogP contribution is 2.59. The zero-order valence-corrected chi connectivity index (χ0v) is 19.6. The summed E-state index contributed by atoms with van der Waals surface area (Å²) in [5.74, 6) is -0.606. The quantitative estimate of drug-likeness (QED) is 0.483. The van der Waals surface area contributed by atoms with E-state index in [1.165, 1.54) is 4.57 Å². The van der Waals surface area contributed by atoms with Gasteiger partial charge in [0.25, 0.3) is 0 Å². The smallest absolute Gasteiger partial charge is 0.408 e. The van der Waals surface area contributed by atoms with Crippen LogP contribution in [-0.4, -0.2) is 39.4 Å². The van der Waals surface area contributed by atoms with Crippen LogP contribution in [0.15, 0.2) is 51.7 Å². The molecule has 2 aliphatic rings. The van der Waals surface area contributed by atoms with Gasteiger partial charge in [0.2, 0.25) is 11.8 Å². The van der Waals surface area contributed by atoms with E-state index in [4.69, 9.17) is 4.42 Å². The summed E-state index contributed by atoms with van der Waals surface area (Å²) >= 11 is 1.64. The van der Waals surface area contributed by atoms with Gasteiger partial charge < -0.3 is 14.6 Å². The number of para-hydroxylation sites is 2. The average Bonchev–Trinajstić information content (AvgIpc) is 3.24. The molecule has 174 valence electrons. The molecule has 2 fully saturated rings. The Kier molecular flexibility index (Phi) is 4.84. The van der Waals surface area contributed by atoms with E-state index in [1.54, 1.807) is 34.4 Å². The lowest BCUT2D eigenvalue weighted by atomic mass is 9.90. The number of likely N-dealkylation sites (tertiary alicyclic amines) is 1. The largest absolute Gasteiger partial charge is 0.420 e. The Bertz CT molecular complexity index is 1490. The summed E-state index contributed by atoms with van der Waals surface area (Å²) in [7, 11) is 0. The van der Waals surface area contributed by atoms with Gasteiger partial charge in [-0.15, -0.1) is 11.3 Å². The van der Waals surface area contributed by atoms with Crippen LogP contribution in [0.3, 0.4) is 0 Å². The van der Waals surface area contributed by atoms with Crippen LogP contribution >= 0.6 is 11.3 Å². The molecule has 1 atom stereocenters. The molecule has 1 saturated carbocycles. The molecule has 1 aliphatic heterocycles. The highest BCUT2D eigenvalue weighted by atomic mass is 32.1. The van der Waals surface area contributed by atoms with Crippen molar-refractivity contribution in [2.75, 3.05) is 18.4 Å². The number of amides is 2. The molecule has 4 aromatic rings. The van der Waals surface area contributed by atoms with Gasteiger partial charge in [0.15, 0.2) is 5.58 Å². The van der Waals surface area contributed by atoms with Crippen LogP contribution in [0.25, 0.3) is 21.3 Å². The summed E-state index contributed by atoms with van der Waals surface area (Å²) in [6, 6.07) is 13.0. The summed E-state index contributed by atoms with van der Waals surface area (Å²) in [6.07, 6.45) is 2.44. The molecule has 0 bridgehead atoms. The lowest BCUT2D eigenvalue weighted by Gasteiger charge is -2.33. The van der Waals surface area contributed by atoms with Crippen molar-refractivity contribution in [2.24, 2.45) is 11.3 Å². The number of hydrogen-bond donors (Lipinski definition) is 1. The summed E-state index contributed by atoms with van der Waals surface area (Å²) in [4.78, 5) is 44.3. The van der Waals surface area contributed by atoms with Crippen molar-refractivity contribution in [1.82, 2.24) is 14.5 Å². The average molecular weight is 477 g/mol. The second-order valence-corrected chi connectivity index (χ2v) is 10.6. The van der Waals surface area contributed by atoms with Crippen molar-refractivity contribution in [3.63, 3.8) is 0 Å². The summed E-state index contributed by atoms with van der Waals surface area (Å²) < 4.78 is 7.73. The molecule has 1 spiro atoms. The van der Waals surface area contributed by atoms with Gasteiger partial charge in [0, 0.05) is 24.7 Å². The third-order valence-corrected chi connectivity index (χ3v) is 8.20. The van der Waals surface area contributed by atoms with E-state index < -0.39 is 5.76 Å². The lowest BCUT2D eigenvalue weighted by Crippen LogP contribution is -2.42. The first kappa shape index (κ1) is 21.1. The first-order valence-electron chi connectivity index (χ1n) is 11.5. The maximum absolute atomic E-state index is 12.9. The molecule has 2 aromatic heterocycles. The van der Waals surface area contributed by atoms with Gasteiger partial charge in [-0.2, -0.15) is 0 Å². The molecule has 1 saturated heterocycles. The minimum absolute atomic E-state index is 0.0264. The van der Waals surface area contributed by atoms with Crippen LogP contribution in [-0.2, 0) is 16.1 Å². The van der Waals surface area contributed by atoms with Gasteiger partial charge in [-0.3, -0.25) is 14.2 Å². The lowest BCUT2D eigenvalue weighted by molar-refractivity contribution is -0.133. The van der Waals surface area contributed by atoms with Gasteiger partial charge in [-0.25, -0.2) is 9.78 Å². The minimum Gasteiger partial charge on any atom is -0.408 e. The van der Waals surface area contributed by atoms with Gasteiger partial charge in [-0.05, 0) is 61.9 Å². The van der Waals surface area contributed by atoms with Crippen molar-refractivity contribution in [2.45, 2.75) is 32.7 Å². The fourth-order valence-corrected chi connectivity index (χ4v) is 6.03. The number of carbonyl (C=O) groups is 2. The number of nitrogens with one attached hydrogen (secondary N) is 1. The van der Waals surface area contributed by atoms with E-state index in [1.807, 2.05) is 31.2 Å². The SMILES string of the molecule is Cc1nc2cc(NC(=O)C3CC34CCN(C(=O)Cn3c(=O)oc5ccccc53)CC4)ccc2s1. The van der Waals surface area contributed by atoms with Crippen LogP contribution < -0.4 is 11.1 Å². The number of oxazole rings is 1. The fourth-order valence-electron chi connectivity index (χ4n) is 5.22. The highest BCUT2D eigenvalue weighted by Gasteiger charge is 2.58. The van der Waals surface area contributed by atoms with Crippen molar-refractivity contribution in [3.8, 4) is 0 Å². The second kappa shape index (κ2) is 7.80. The predicted molar refractivity (Wildman–Crippen MR) is 130 cm³/mol. The first-order chi connectivity index (χ1) is 16.4. The number of carbonyl (C=O) groups excluding carboxylic acids is 2. The van der Waals surface area contributed by atoms with Gasteiger partial charge in [-0.1, -0.05) is 12.1 Å². The summed E-state index contributed by atoms with van der Waals surface area (Å²) in [5.41, 5.74) is 2.76. The molecule has 6 rings (SSSR count). The molecule has 1 unspecified atom stereocenters. The fraction of sp³-hybridized carbons (Fsp3) is 0.360. The van der Waals surface area contributed by atoms with Gasteiger partial charge in [0.1, 0.15) is 6.54 Å². The first-order valence-corrected chi connectivity index (χ1v) is 12.3. The maximum atomic E-state index is 12.9. The summed E-state index contributed by atoms with van der Waals surface area (Å²) in [6.45, 7) is 3.13. The number of piperidine rings is 1. The molecule has 3 heterocycles. The zero-order valence-electron chi connectivity index (χ0n) is 18.7. The minimum atomic E-state index is -0.520. The van der Waals surface area contributed by atoms with E-state index in [0.29, 0.717) is 24.2 Å². The Balaban J connectivity index is 1.07. The van der Waals surface area contributed by atoms with Crippen LogP contribution in [0, 0.1) is 18.3 Å². The number of thiazole rings is 1. The Morgan fingerprint density at radius 3 is 2.82 bits per heavy atom. The number of nitrogens with zero attached hydrogens (tertiary/aromatic N) is 3. The molecule has 2 amide bonds. The molecule has 2 aromatic carbocycles. The third-order valence-electron chi connectivity index (χ3n) is 7.25. The number of rotatable bonds is 4. The Labute approximate surface area is 199 Å². The molecular weight excluding hydrogens is 452 g/mol. The Hall–Kier alpha value is -3.46.